The molecule has 2 fully saturated rings. The van der Waals surface area contributed by atoms with E-state index >= 15 is 0 Å². The number of nitrogens with two attached hydrogens (primary N) is 1. The number of hydrogen-bond donors (Lipinski definition) is 1. The summed E-state index contributed by atoms with van der Waals surface area (Å²) in [5.74, 6) is 0.554. The van der Waals surface area contributed by atoms with E-state index in [4.69, 9.17) is 33.7 Å². The lowest BCUT2D eigenvalue weighted by atomic mass is 9.70. The van der Waals surface area contributed by atoms with Crippen molar-refractivity contribution in [2.75, 3.05) is 6.61 Å². The van der Waals surface area contributed by atoms with Gasteiger partial charge in [0.05, 0.1) is 15.6 Å². The molecule has 1 saturated carbocycles. The number of halogens is 2. The van der Waals surface area contributed by atoms with E-state index in [1.807, 2.05) is 18.2 Å². The van der Waals surface area contributed by atoms with E-state index in [0.717, 1.165) is 25.9 Å². The van der Waals surface area contributed by atoms with Gasteiger partial charge in [-0.2, -0.15) is 0 Å². The van der Waals surface area contributed by atoms with Crippen molar-refractivity contribution in [3.63, 3.8) is 0 Å². The van der Waals surface area contributed by atoms with E-state index in [9.17, 15) is 0 Å². The van der Waals surface area contributed by atoms with E-state index in [1.165, 1.54) is 24.8 Å². The fourth-order valence-electron chi connectivity index (χ4n) is 3.46. The summed E-state index contributed by atoms with van der Waals surface area (Å²) in [6, 6.07) is 5.98. The largest absolute Gasteiger partial charge is 0.375 e. The fourth-order valence-corrected chi connectivity index (χ4v) is 3.78. The van der Waals surface area contributed by atoms with Gasteiger partial charge >= 0.3 is 0 Å². The number of ether oxygens (including phenoxy) is 1. The van der Waals surface area contributed by atoms with Gasteiger partial charge in [-0.15, -0.1) is 0 Å². The van der Waals surface area contributed by atoms with E-state index in [1.54, 1.807) is 0 Å². The molecule has 1 saturated heterocycles. The normalized spacial score (nSPS) is 26.2. The Labute approximate surface area is 130 Å². The molecule has 2 unspecified atom stereocenters. The Morgan fingerprint density at radius 3 is 2.75 bits per heavy atom. The second-order valence-electron chi connectivity index (χ2n) is 6.25. The third-order valence-electron chi connectivity index (χ3n) is 4.86. The van der Waals surface area contributed by atoms with Gasteiger partial charge in [-0.3, -0.25) is 0 Å². The van der Waals surface area contributed by atoms with Crippen LogP contribution in [0.4, 0.5) is 0 Å². The third kappa shape index (κ3) is 2.99. The minimum Gasteiger partial charge on any atom is -0.375 e. The second kappa shape index (κ2) is 5.84. The zero-order valence-electron chi connectivity index (χ0n) is 11.6. The predicted octanol–water partition coefficient (Wildman–Crippen LogP) is 4.21. The Morgan fingerprint density at radius 1 is 1.30 bits per heavy atom. The molecule has 20 heavy (non-hydrogen) atoms. The maximum absolute atomic E-state index is 6.44. The van der Waals surface area contributed by atoms with E-state index < -0.39 is 0 Å². The van der Waals surface area contributed by atoms with Gasteiger partial charge in [-0.05, 0) is 62.1 Å². The topological polar surface area (TPSA) is 35.2 Å². The summed E-state index contributed by atoms with van der Waals surface area (Å²) in [6.45, 7) is 0.861. The molecule has 1 spiro atoms. The molecule has 0 radical (unpaired) electrons. The van der Waals surface area contributed by atoms with Crippen molar-refractivity contribution in [3.8, 4) is 0 Å². The van der Waals surface area contributed by atoms with E-state index in [-0.39, 0.29) is 11.6 Å². The predicted molar refractivity (Wildman–Crippen MR) is 83.4 cm³/mol. The van der Waals surface area contributed by atoms with Crippen LogP contribution in [0.15, 0.2) is 18.2 Å². The highest BCUT2D eigenvalue weighted by molar-refractivity contribution is 6.42. The van der Waals surface area contributed by atoms with Gasteiger partial charge in [-0.1, -0.05) is 29.3 Å². The lowest BCUT2D eigenvalue weighted by Gasteiger charge is -2.48. The van der Waals surface area contributed by atoms with Crippen LogP contribution in [0.3, 0.4) is 0 Å². The first kappa shape index (κ1) is 14.6. The summed E-state index contributed by atoms with van der Waals surface area (Å²) in [6.07, 6.45) is 6.78. The first-order valence-corrected chi connectivity index (χ1v) is 8.17. The number of benzene rings is 1. The SMILES string of the molecule is NC(Cc1ccc(Cl)c(Cl)c1)C1CCOC2(CCC2)C1. The average Bonchev–Trinajstić information content (AvgIpc) is 2.41. The summed E-state index contributed by atoms with van der Waals surface area (Å²) in [5, 5.41) is 1.21. The summed E-state index contributed by atoms with van der Waals surface area (Å²) in [4.78, 5) is 0. The maximum atomic E-state index is 6.44. The Hall–Kier alpha value is -0.280. The van der Waals surface area contributed by atoms with Crippen LogP contribution in [0, 0.1) is 5.92 Å². The Bertz CT molecular complexity index is 487. The molecule has 2 aliphatic rings. The van der Waals surface area contributed by atoms with Gasteiger partial charge < -0.3 is 10.5 Å². The zero-order valence-corrected chi connectivity index (χ0v) is 13.1. The van der Waals surface area contributed by atoms with Crippen molar-refractivity contribution in [2.24, 2.45) is 11.7 Å². The van der Waals surface area contributed by atoms with Crippen molar-refractivity contribution >= 4 is 23.2 Å². The monoisotopic (exact) mass is 313 g/mol. The molecule has 1 aliphatic carbocycles. The highest BCUT2D eigenvalue weighted by Gasteiger charge is 2.43. The molecular formula is C16H21Cl2NO. The summed E-state index contributed by atoms with van der Waals surface area (Å²) < 4.78 is 5.97. The van der Waals surface area contributed by atoms with Crippen LogP contribution in [0.5, 0.6) is 0 Å². The third-order valence-corrected chi connectivity index (χ3v) is 5.60. The molecular weight excluding hydrogens is 293 g/mol. The Balaban J connectivity index is 1.63. The molecule has 110 valence electrons. The quantitative estimate of drug-likeness (QED) is 0.907. The Morgan fingerprint density at radius 2 is 2.10 bits per heavy atom. The van der Waals surface area contributed by atoms with Crippen LogP contribution in [0.25, 0.3) is 0 Å². The van der Waals surface area contributed by atoms with Gasteiger partial charge in [0.15, 0.2) is 0 Å². The molecule has 2 N–H and O–H groups in total. The minimum absolute atomic E-state index is 0.165. The highest BCUT2D eigenvalue weighted by atomic mass is 35.5. The van der Waals surface area contributed by atoms with Crippen LogP contribution < -0.4 is 5.73 Å². The van der Waals surface area contributed by atoms with Gasteiger partial charge in [0.1, 0.15) is 0 Å². The van der Waals surface area contributed by atoms with Gasteiger partial charge in [-0.25, -0.2) is 0 Å². The lowest BCUT2D eigenvalue weighted by molar-refractivity contribution is -0.145. The van der Waals surface area contributed by atoms with Gasteiger partial charge in [0.25, 0.3) is 0 Å². The van der Waals surface area contributed by atoms with E-state index in [2.05, 4.69) is 0 Å². The van der Waals surface area contributed by atoms with Crippen molar-refractivity contribution in [3.05, 3.63) is 33.8 Å². The van der Waals surface area contributed by atoms with Crippen LogP contribution in [0.2, 0.25) is 10.0 Å². The number of hydrogen-bond acceptors (Lipinski definition) is 2. The molecule has 1 aliphatic heterocycles. The molecule has 4 heteroatoms. The Kier molecular flexibility index (Phi) is 4.28. The van der Waals surface area contributed by atoms with Gasteiger partial charge in [0.2, 0.25) is 0 Å². The van der Waals surface area contributed by atoms with Crippen LogP contribution in [0.1, 0.15) is 37.7 Å². The molecule has 1 aromatic carbocycles. The molecule has 0 amide bonds. The average molecular weight is 314 g/mol. The van der Waals surface area contributed by atoms with Crippen LogP contribution in [-0.4, -0.2) is 18.2 Å². The van der Waals surface area contributed by atoms with Crippen molar-refractivity contribution in [2.45, 2.75) is 50.2 Å². The van der Waals surface area contributed by atoms with Crippen molar-refractivity contribution < 1.29 is 4.74 Å². The summed E-state index contributed by atoms with van der Waals surface area (Å²) in [5.41, 5.74) is 7.77. The molecule has 1 heterocycles. The van der Waals surface area contributed by atoms with Crippen molar-refractivity contribution in [1.82, 2.24) is 0 Å². The minimum atomic E-state index is 0.165. The zero-order chi connectivity index (χ0) is 14.2. The smallest absolute Gasteiger partial charge is 0.0685 e. The number of rotatable bonds is 3. The molecule has 2 atom stereocenters. The van der Waals surface area contributed by atoms with E-state index in [0.29, 0.717) is 16.0 Å². The molecule has 0 aromatic heterocycles. The standard InChI is InChI=1S/C16H21Cl2NO/c17-13-3-2-11(8-14(13)18)9-15(19)12-4-7-20-16(10-12)5-1-6-16/h2-3,8,12,15H,1,4-7,9-10,19H2. The summed E-state index contributed by atoms with van der Waals surface area (Å²) >= 11 is 12.0. The molecule has 2 nitrogen and oxygen atoms in total. The molecule has 3 rings (SSSR count). The van der Waals surface area contributed by atoms with Crippen molar-refractivity contribution in [1.29, 1.82) is 0 Å². The highest BCUT2D eigenvalue weighted by Crippen LogP contribution is 2.45. The fraction of sp³-hybridized carbons (Fsp3) is 0.625. The molecule has 1 aromatic rings. The van der Waals surface area contributed by atoms with Gasteiger partial charge in [0, 0.05) is 12.6 Å². The summed E-state index contributed by atoms with van der Waals surface area (Å²) in [7, 11) is 0. The van der Waals surface area contributed by atoms with Crippen LogP contribution in [-0.2, 0) is 11.2 Å². The van der Waals surface area contributed by atoms with Crippen LogP contribution >= 0.6 is 23.2 Å². The maximum Gasteiger partial charge on any atom is 0.0685 e. The lowest BCUT2D eigenvalue weighted by Crippen LogP contribution is -2.49. The second-order valence-corrected chi connectivity index (χ2v) is 7.07. The first-order valence-electron chi connectivity index (χ1n) is 7.41. The molecule has 0 bridgehead atoms. The first-order chi connectivity index (χ1) is 9.58.